The van der Waals surface area contributed by atoms with Crippen molar-refractivity contribution in [2.24, 2.45) is 0 Å². The van der Waals surface area contributed by atoms with E-state index in [-0.39, 0.29) is 11.3 Å². The summed E-state index contributed by atoms with van der Waals surface area (Å²) in [5, 5.41) is 9.14. The van der Waals surface area contributed by atoms with E-state index < -0.39 is 12.0 Å². The number of likely N-dealkylation sites (tertiary alicyclic amines) is 1. The number of carbonyl (C=O) groups excluding carboxylic acids is 1. The molecule has 1 aliphatic rings. The first-order chi connectivity index (χ1) is 11.0. The number of carbonyl (C=O) groups is 2. The maximum Gasteiger partial charge on any atom is 0.330 e. The minimum atomic E-state index is -1.04. The molecule has 2 heterocycles. The van der Waals surface area contributed by atoms with E-state index in [1.54, 1.807) is 18.3 Å². The monoisotopic (exact) mass is 366 g/mol. The Kier molecular flexibility index (Phi) is 4.65. The van der Waals surface area contributed by atoms with Crippen LogP contribution in [0.3, 0.4) is 0 Å². The number of para-hydroxylation sites is 1. The molecule has 1 aliphatic heterocycles. The van der Waals surface area contributed by atoms with Crippen LogP contribution in [0.1, 0.15) is 13.3 Å². The smallest absolute Gasteiger partial charge is 0.330 e. The van der Waals surface area contributed by atoms with E-state index in [2.05, 4.69) is 11.6 Å². The van der Waals surface area contributed by atoms with Crippen LogP contribution in [0.5, 0.6) is 0 Å². The highest BCUT2D eigenvalue weighted by atomic mass is 33.1. The van der Waals surface area contributed by atoms with Crippen molar-refractivity contribution in [3.05, 3.63) is 36.4 Å². The lowest BCUT2D eigenvalue weighted by molar-refractivity contribution is -0.155. The van der Waals surface area contributed by atoms with E-state index >= 15 is 0 Å². The van der Waals surface area contributed by atoms with Crippen molar-refractivity contribution in [2.75, 3.05) is 0 Å². The molecule has 2 aromatic rings. The van der Waals surface area contributed by atoms with Crippen molar-refractivity contribution >= 4 is 55.0 Å². The lowest BCUT2D eigenvalue weighted by Gasteiger charge is -2.43. The van der Waals surface area contributed by atoms with Crippen LogP contribution in [0.2, 0.25) is 0 Å². The van der Waals surface area contributed by atoms with E-state index in [1.807, 2.05) is 24.3 Å². The van der Waals surface area contributed by atoms with Crippen LogP contribution < -0.4 is 0 Å². The van der Waals surface area contributed by atoms with Gasteiger partial charge < -0.3 is 10.0 Å². The Morgan fingerprint density at radius 3 is 2.87 bits per heavy atom. The van der Waals surface area contributed by atoms with Crippen LogP contribution in [0, 0.1) is 0 Å². The van der Waals surface area contributed by atoms with Gasteiger partial charge in [-0.25, -0.2) is 9.78 Å². The van der Waals surface area contributed by atoms with Crippen LogP contribution in [0.15, 0.2) is 40.8 Å². The fraction of sp³-hybridized carbons (Fsp3) is 0.267. The number of rotatable bonds is 6. The quantitative estimate of drug-likeness (QED) is 0.478. The predicted octanol–water partition coefficient (Wildman–Crippen LogP) is 3.62. The number of hydrogen-bond donors (Lipinski definition) is 1. The molecule has 0 saturated carbocycles. The van der Waals surface area contributed by atoms with Gasteiger partial charge in [0.05, 0.1) is 22.0 Å². The zero-order valence-corrected chi connectivity index (χ0v) is 14.7. The average Bonchev–Trinajstić information content (AvgIpc) is 2.90. The maximum atomic E-state index is 11.8. The first-order valence-corrected chi connectivity index (χ1v) is 9.88. The molecule has 0 bridgehead atoms. The Balaban J connectivity index is 1.69. The van der Waals surface area contributed by atoms with Gasteiger partial charge in [0.1, 0.15) is 0 Å². The predicted molar refractivity (Wildman–Crippen MR) is 94.6 cm³/mol. The molecule has 0 spiro atoms. The molecule has 23 heavy (non-hydrogen) atoms. The van der Waals surface area contributed by atoms with Gasteiger partial charge >= 0.3 is 5.97 Å². The highest BCUT2D eigenvalue weighted by molar-refractivity contribution is 8.77. The van der Waals surface area contributed by atoms with Gasteiger partial charge in [0, 0.05) is 0 Å². The Morgan fingerprint density at radius 1 is 1.52 bits per heavy atom. The third kappa shape index (κ3) is 3.24. The molecule has 5 nitrogen and oxygen atoms in total. The van der Waals surface area contributed by atoms with Gasteiger partial charge in [0.2, 0.25) is 5.91 Å². The van der Waals surface area contributed by atoms with Crippen LogP contribution >= 0.6 is 32.9 Å². The number of fused-ring (bicyclic) bond motifs is 1. The minimum Gasteiger partial charge on any atom is -0.479 e. The number of hydrogen-bond acceptors (Lipinski definition) is 6. The summed E-state index contributed by atoms with van der Waals surface area (Å²) in [6.45, 7) is 5.33. The molecule has 2 atom stereocenters. The molecular weight excluding hydrogens is 352 g/mol. The van der Waals surface area contributed by atoms with E-state index in [4.69, 9.17) is 0 Å². The van der Waals surface area contributed by atoms with Crippen molar-refractivity contribution in [2.45, 2.75) is 29.1 Å². The molecule has 8 heteroatoms. The molecule has 1 amide bonds. The number of amides is 1. The second-order valence-electron chi connectivity index (χ2n) is 5.17. The number of thiazole rings is 1. The van der Waals surface area contributed by atoms with Gasteiger partial charge in [0.25, 0.3) is 0 Å². The van der Waals surface area contributed by atoms with Gasteiger partial charge in [-0.15, -0.1) is 11.3 Å². The molecule has 120 valence electrons. The Morgan fingerprint density at radius 2 is 2.26 bits per heavy atom. The fourth-order valence-electron chi connectivity index (χ4n) is 2.34. The molecular formula is C15H14N2O3S3. The third-order valence-electron chi connectivity index (χ3n) is 3.43. The fourth-order valence-corrected chi connectivity index (χ4v) is 6.15. The van der Waals surface area contributed by atoms with Crippen molar-refractivity contribution in [1.29, 1.82) is 0 Å². The zero-order valence-electron chi connectivity index (χ0n) is 12.3. The van der Waals surface area contributed by atoms with Crippen molar-refractivity contribution in [3.8, 4) is 0 Å². The van der Waals surface area contributed by atoms with Gasteiger partial charge in [0.15, 0.2) is 10.4 Å². The van der Waals surface area contributed by atoms with Crippen molar-refractivity contribution in [3.63, 3.8) is 0 Å². The van der Waals surface area contributed by atoms with Gasteiger partial charge in [-0.3, -0.25) is 4.79 Å². The summed E-state index contributed by atoms with van der Waals surface area (Å²) in [5.41, 5.74) is 1.41. The number of carboxylic acid groups (broad SMARTS) is 1. The number of benzene rings is 1. The van der Waals surface area contributed by atoms with E-state index in [0.717, 1.165) is 14.6 Å². The van der Waals surface area contributed by atoms with Crippen molar-refractivity contribution in [1.82, 2.24) is 9.88 Å². The molecule has 3 rings (SSSR count). The molecule has 1 aromatic carbocycles. The van der Waals surface area contributed by atoms with Gasteiger partial charge in [-0.2, -0.15) is 0 Å². The molecule has 0 aliphatic carbocycles. The average molecular weight is 366 g/mol. The van der Waals surface area contributed by atoms with Crippen LogP contribution in [-0.2, 0) is 9.59 Å². The Hall–Kier alpha value is -1.51. The molecule has 2 unspecified atom stereocenters. The summed E-state index contributed by atoms with van der Waals surface area (Å²) in [5.74, 6) is -1.19. The van der Waals surface area contributed by atoms with Crippen LogP contribution in [0.25, 0.3) is 10.2 Å². The highest BCUT2D eigenvalue weighted by Crippen LogP contribution is 2.44. The highest BCUT2D eigenvalue weighted by Gasteiger charge is 2.44. The summed E-state index contributed by atoms with van der Waals surface area (Å²) in [6.07, 6.45) is 0.347. The lowest BCUT2D eigenvalue weighted by Crippen LogP contribution is -2.58. The number of nitrogens with zero attached hydrogens (tertiary/aromatic N) is 2. The standard InChI is InChI=1S/C15H14N2O3S3/c1-8(2)13(14(19)20)17-11(18)7-12(17)22-23-15-16-9-5-3-4-6-10(9)21-15/h3-6,12-13H,1,7H2,2H3,(H,19,20). The number of aromatic nitrogens is 1. The number of β-lactam (4-membered cyclic amide) rings is 1. The van der Waals surface area contributed by atoms with E-state index in [0.29, 0.717) is 12.0 Å². The molecule has 1 aromatic heterocycles. The van der Waals surface area contributed by atoms with E-state index in [9.17, 15) is 14.7 Å². The van der Waals surface area contributed by atoms with Crippen LogP contribution in [-0.4, -0.2) is 38.3 Å². The normalized spacial score (nSPS) is 18.7. The largest absolute Gasteiger partial charge is 0.479 e. The van der Waals surface area contributed by atoms with Crippen LogP contribution in [0.4, 0.5) is 0 Å². The second-order valence-corrected chi connectivity index (χ2v) is 8.83. The molecule has 1 fully saturated rings. The lowest BCUT2D eigenvalue weighted by atomic mass is 10.0. The van der Waals surface area contributed by atoms with Gasteiger partial charge in [-0.1, -0.05) is 29.5 Å². The Bertz CT molecular complexity index is 742. The first-order valence-electron chi connectivity index (χ1n) is 6.85. The summed E-state index contributed by atoms with van der Waals surface area (Å²) < 4.78 is 2.01. The van der Waals surface area contributed by atoms with Crippen molar-refractivity contribution < 1.29 is 14.7 Å². The number of carboxylic acids is 1. The van der Waals surface area contributed by atoms with Gasteiger partial charge in [-0.05, 0) is 35.4 Å². The maximum absolute atomic E-state index is 11.8. The SMILES string of the molecule is C=C(C)C(C(=O)O)N1C(=O)CC1SSc1nc2ccccc2s1. The summed E-state index contributed by atoms with van der Waals surface area (Å²) in [6, 6.07) is 6.94. The summed E-state index contributed by atoms with van der Waals surface area (Å²) in [7, 11) is 2.96. The number of aliphatic carboxylic acids is 1. The molecule has 1 saturated heterocycles. The summed E-state index contributed by atoms with van der Waals surface area (Å²) >= 11 is 1.59. The molecule has 1 N–H and O–H groups in total. The molecule has 0 radical (unpaired) electrons. The van der Waals surface area contributed by atoms with E-state index in [1.165, 1.54) is 26.5 Å². The minimum absolute atomic E-state index is 0.150. The summed E-state index contributed by atoms with van der Waals surface area (Å²) in [4.78, 5) is 29.1. The topological polar surface area (TPSA) is 70.5 Å². The first kappa shape index (κ1) is 16.4. The zero-order chi connectivity index (χ0) is 16.6. The Labute approximate surface area is 145 Å². The third-order valence-corrected chi connectivity index (χ3v) is 7.45. The second kappa shape index (κ2) is 6.54.